The van der Waals surface area contributed by atoms with Crippen LogP contribution in [0.4, 0.5) is 14.9 Å². The van der Waals surface area contributed by atoms with E-state index >= 15 is 0 Å². The van der Waals surface area contributed by atoms with Crippen molar-refractivity contribution < 1.29 is 28.2 Å². The standard InChI is InChI=1S/C26H25FN2O5/c1-2-33-26(32)34-22-13-10-20(11-14-22)25(31)28-17-18-6-5-8-21(16-18)29-24(30)15-12-19-7-3-4-9-23(19)27/h3-11,13-14,16H,2,12,15,17H2,1H3,(H,28,31)(H,29,30). The van der Waals surface area contributed by atoms with Crippen molar-refractivity contribution in [2.45, 2.75) is 26.3 Å². The van der Waals surface area contributed by atoms with E-state index in [9.17, 15) is 18.8 Å². The van der Waals surface area contributed by atoms with E-state index in [2.05, 4.69) is 10.6 Å². The smallest absolute Gasteiger partial charge is 0.434 e. The molecule has 0 bridgehead atoms. The second-order valence-electron chi connectivity index (χ2n) is 7.33. The Morgan fingerprint density at radius 2 is 1.71 bits per heavy atom. The summed E-state index contributed by atoms with van der Waals surface area (Å²) in [6.45, 7) is 2.13. The highest BCUT2D eigenvalue weighted by Crippen LogP contribution is 2.15. The Morgan fingerprint density at radius 3 is 2.44 bits per heavy atom. The van der Waals surface area contributed by atoms with Crippen molar-refractivity contribution in [1.82, 2.24) is 5.32 Å². The quantitative estimate of drug-likeness (QED) is 0.348. The zero-order valence-corrected chi connectivity index (χ0v) is 18.7. The van der Waals surface area contributed by atoms with E-state index in [-0.39, 0.29) is 43.0 Å². The molecular formula is C26H25FN2O5. The zero-order chi connectivity index (χ0) is 24.3. The fourth-order valence-electron chi connectivity index (χ4n) is 3.13. The van der Waals surface area contributed by atoms with Gasteiger partial charge in [-0.1, -0.05) is 30.3 Å². The summed E-state index contributed by atoms with van der Waals surface area (Å²) >= 11 is 0. The van der Waals surface area contributed by atoms with E-state index in [0.717, 1.165) is 5.56 Å². The van der Waals surface area contributed by atoms with Crippen LogP contribution < -0.4 is 15.4 Å². The van der Waals surface area contributed by atoms with Gasteiger partial charge >= 0.3 is 6.16 Å². The predicted molar refractivity (Wildman–Crippen MR) is 125 cm³/mol. The highest BCUT2D eigenvalue weighted by Gasteiger charge is 2.10. The number of ether oxygens (including phenoxy) is 2. The van der Waals surface area contributed by atoms with Crippen LogP contribution in [-0.4, -0.2) is 24.6 Å². The van der Waals surface area contributed by atoms with Crippen molar-refractivity contribution in [3.8, 4) is 5.75 Å². The minimum atomic E-state index is -0.807. The third-order valence-electron chi connectivity index (χ3n) is 4.82. The van der Waals surface area contributed by atoms with Crippen LogP contribution in [0, 0.1) is 5.82 Å². The van der Waals surface area contributed by atoms with Gasteiger partial charge in [-0.2, -0.15) is 0 Å². The van der Waals surface area contributed by atoms with Crippen LogP contribution in [0.25, 0.3) is 0 Å². The number of halogens is 1. The van der Waals surface area contributed by atoms with Gasteiger partial charge in [-0.25, -0.2) is 9.18 Å². The minimum Gasteiger partial charge on any atom is -0.434 e. The first-order valence-electron chi connectivity index (χ1n) is 10.8. The average molecular weight is 464 g/mol. The molecule has 0 saturated carbocycles. The Morgan fingerprint density at radius 1 is 0.941 bits per heavy atom. The Bertz CT molecular complexity index is 1150. The normalized spacial score (nSPS) is 10.3. The van der Waals surface area contributed by atoms with Gasteiger partial charge in [0.15, 0.2) is 0 Å². The summed E-state index contributed by atoms with van der Waals surface area (Å²) in [7, 11) is 0. The molecule has 0 heterocycles. The molecule has 0 saturated heterocycles. The number of nitrogens with one attached hydrogen (secondary N) is 2. The molecule has 2 N–H and O–H groups in total. The summed E-state index contributed by atoms with van der Waals surface area (Å²) in [5, 5.41) is 5.60. The van der Waals surface area contributed by atoms with Crippen LogP contribution in [0.2, 0.25) is 0 Å². The lowest BCUT2D eigenvalue weighted by molar-refractivity contribution is -0.116. The summed E-state index contributed by atoms with van der Waals surface area (Å²) < 4.78 is 23.4. The van der Waals surface area contributed by atoms with Gasteiger partial charge < -0.3 is 20.1 Å². The predicted octanol–water partition coefficient (Wildman–Crippen LogP) is 4.86. The Kier molecular flexibility index (Phi) is 8.73. The molecule has 34 heavy (non-hydrogen) atoms. The number of benzene rings is 3. The lowest BCUT2D eigenvalue weighted by Crippen LogP contribution is -2.23. The first kappa shape index (κ1) is 24.4. The van der Waals surface area contributed by atoms with Gasteiger partial charge in [-0.15, -0.1) is 0 Å². The second-order valence-corrected chi connectivity index (χ2v) is 7.33. The summed E-state index contributed by atoms with van der Waals surface area (Å²) in [6.07, 6.45) is -0.353. The number of anilines is 1. The van der Waals surface area contributed by atoms with E-state index in [0.29, 0.717) is 23.2 Å². The molecule has 3 aromatic carbocycles. The SMILES string of the molecule is CCOC(=O)Oc1ccc(C(=O)NCc2cccc(NC(=O)CCc3ccccc3F)c2)cc1. The van der Waals surface area contributed by atoms with Crippen molar-refractivity contribution in [2.24, 2.45) is 0 Å². The molecule has 0 unspecified atom stereocenters. The number of amides is 2. The van der Waals surface area contributed by atoms with E-state index in [1.165, 1.54) is 30.3 Å². The summed E-state index contributed by atoms with van der Waals surface area (Å²) in [4.78, 5) is 36.0. The Labute approximate surface area is 196 Å². The Balaban J connectivity index is 1.49. The fraction of sp³-hybridized carbons (Fsp3) is 0.192. The van der Waals surface area contributed by atoms with E-state index in [1.54, 1.807) is 43.3 Å². The molecule has 7 nitrogen and oxygen atoms in total. The lowest BCUT2D eigenvalue weighted by atomic mass is 10.1. The first-order valence-corrected chi connectivity index (χ1v) is 10.8. The van der Waals surface area contributed by atoms with E-state index in [4.69, 9.17) is 9.47 Å². The third-order valence-corrected chi connectivity index (χ3v) is 4.82. The summed E-state index contributed by atoms with van der Waals surface area (Å²) in [6, 6.07) is 19.6. The number of carbonyl (C=O) groups is 3. The van der Waals surface area contributed by atoms with E-state index < -0.39 is 6.16 Å². The van der Waals surface area contributed by atoms with Gasteiger partial charge in [-0.05, 0) is 66.9 Å². The van der Waals surface area contributed by atoms with Crippen LogP contribution in [0.3, 0.4) is 0 Å². The van der Waals surface area contributed by atoms with Crippen molar-refractivity contribution in [2.75, 3.05) is 11.9 Å². The largest absolute Gasteiger partial charge is 0.513 e. The maximum absolute atomic E-state index is 13.7. The zero-order valence-electron chi connectivity index (χ0n) is 18.7. The Hall–Kier alpha value is -4.20. The second kappa shape index (κ2) is 12.2. The van der Waals surface area contributed by atoms with Crippen LogP contribution >= 0.6 is 0 Å². The molecule has 0 spiro atoms. The van der Waals surface area contributed by atoms with Crippen LogP contribution in [0.15, 0.2) is 72.8 Å². The number of carbonyl (C=O) groups excluding carboxylic acids is 3. The maximum Gasteiger partial charge on any atom is 0.513 e. The average Bonchev–Trinajstić information content (AvgIpc) is 2.83. The maximum atomic E-state index is 13.7. The van der Waals surface area contributed by atoms with Crippen molar-refractivity contribution in [3.05, 3.63) is 95.3 Å². The summed E-state index contributed by atoms with van der Waals surface area (Å²) in [5.41, 5.74) is 2.27. The molecule has 0 aliphatic heterocycles. The lowest BCUT2D eigenvalue weighted by Gasteiger charge is -2.10. The molecule has 3 rings (SSSR count). The highest BCUT2D eigenvalue weighted by molar-refractivity contribution is 5.94. The molecule has 8 heteroatoms. The molecule has 0 radical (unpaired) electrons. The fourth-order valence-corrected chi connectivity index (χ4v) is 3.13. The first-order chi connectivity index (χ1) is 16.4. The van der Waals surface area contributed by atoms with Crippen LogP contribution in [0.1, 0.15) is 34.8 Å². The van der Waals surface area contributed by atoms with Crippen LogP contribution in [-0.2, 0) is 22.5 Å². The topological polar surface area (TPSA) is 93.7 Å². The van der Waals surface area contributed by atoms with Gasteiger partial charge in [0.1, 0.15) is 11.6 Å². The highest BCUT2D eigenvalue weighted by atomic mass is 19.1. The molecule has 0 atom stereocenters. The number of hydrogen-bond acceptors (Lipinski definition) is 5. The van der Waals surface area contributed by atoms with E-state index in [1.807, 2.05) is 6.07 Å². The molecule has 176 valence electrons. The van der Waals surface area contributed by atoms with Crippen LogP contribution in [0.5, 0.6) is 5.75 Å². The number of hydrogen-bond donors (Lipinski definition) is 2. The van der Waals surface area contributed by atoms with Crippen molar-refractivity contribution >= 4 is 23.7 Å². The molecule has 0 aliphatic rings. The molecule has 0 aliphatic carbocycles. The van der Waals surface area contributed by atoms with Gasteiger partial charge in [0.25, 0.3) is 5.91 Å². The molecule has 3 aromatic rings. The number of rotatable bonds is 9. The monoisotopic (exact) mass is 464 g/mol. The van der Waals surface area contributed by atoms with Crippen molar-refractivity contribution in [1.29, 1.82) is 0 Å². The molecule has 2 amide bonds. The van der Waals surface area contributed by atoms with Gasteiger partial charge in [0.2, 0.25) is 5.91 Å². The minimum absolute atomic E-state index is 0.151. The van der Waals surface area contributed by atoms with Gasteiger partial charge in [0.05, 0.1) is 6.61 Å². The molecule has 0 aromatic heterocycles. The summed E-state index contributed by atoms with van der Waals surface area (Å²) in [5.74, 6) is -0.584. The number of aryl methyl sites for hydroxylation is 1. The van der Waals surface area contributed by atoms with Gasteiger partial charge in [0, 0.05) is 24.2 Å². The van der Waals surface area contributed by atoms with Crippen molar-refractivity contribution in [3.63, 3.8) is 0 Å². The molecular weight excluding hydrogens is 439 g/mol. The molecule has 0 fully saturated rings. The van der Waals surface area contributed by atoms with Gasteiger partial charge in [-0.3, -0.25) is 9.59 Å². The third kappa shape index (κ3) is 7.44.